The van der Waals surface area contributed by atoms with Gasteiger partial charge in [0.1, 0.15) is 19.0 Å². The highest BCUT2D eigenvalue weighted by Gasteiger charge is 2.58. The molecule has 1 amide bonds. The molecule has 146 valence electrons. The third kappa shape index (κ3) is 2.54. The lowest BCUT2D eigenvalue weighted by atomic mass is 9.70. The second kappa shape index (κ2) is 6.55. The van der Waals surface area contributed by atoms with Gasteiger partial charge in [0.15, 0.2) is 0 Å². The van der Waals surface area contributed by atoms with Crippen LogP contribution in [0.5, 0.6) is 0 Å². The van der Waals surface area contributed by atoms with Crippen molar-refractivity contribution >= 4 is 6.09 Å². The van der Waals surface area contributed by atoms with Gasteiger partial charge in [-0.15, -0.1) is 0 Å². The van der Waals surface area contributed by atoms with E-state index in [0.717, 1.165) is 22.3 Å². The average Bonchev–Trinajstić information content (AvgIpc) is 2.99. The molecular weight excluding hydrogens is 362 g/mol. The number of carbonyl (C=O) groups is 1. The normalized spacial score (nSPS) is 25.1. The van der Waals surface area contributed by atoms with Gasteiger partial charge in [-0.1, -0.05) is 48.5 Å². The van der Waals surface area contributed by atoms with Crippen molar-refractivity contribution in [2.75, 3.05) is 32.8 Å². The Labute approximate surface area is 162 Å². The van der Waals surface area contributed by atoms with Gasteiger partial charge < -0.3 is 15.0 Å². The van der Waals surface area contributed by atoms with Crippen molar-refractivity contribution in [3.63, 3.8) is 0 Å². The van der Waals surface area contributed by atoms with Crippen molar-refractivity contribution in [3.05, 3.63) is 59.7 Å². The zero-order valence-electron chi connectivity index (χ0n) is 15.4. The fourth-order valence-corrected chi connectivity index (χ4v) is 4.81. The minimum absolute atomic E-state index is 0.0201. The van der Waals surface area contributed by atoms with E-state index in [2.05, 4.69) is 29.6 Å². The first kappa shape index (κ1) is 17.6. The Morgan fingerprint density at radius 1 is 1.00 bits per heavy atom. The Kier molecular flexibility index (Phi) is 4.12. The second-order valence-corrected chi connectivity index (χ2v) is 7.99. The predicted molar refractivity (Wildman–Crippen MR) is 102 cm³/mol. The summed E-state index contributed by atoms with van der Waals surface area (Å²) in [6.07, 6.45) is -3.06. The number of piperidine rings is 1. The Morgan fingerprint density at radius 3 is 2.11 bits per heavy atom. The summed E-state index contributed by atoms with van der Waals surface area (Å²) in [5.41, 5.74) is 3.54. The molecule has 4 nitrogen and oxygen atoms in total. The number of nitrogens with zero attached hydrogens (tertiary/aromatic N) is 1. The van der Waals surface area contributed by atoms with Crippen LogP contribution in [0.2, 0.25) is 0 Å². The maximum absolute atomic E-state index is 14.3. The van der Waals surface area contributed by atoms with Gasteiger partial charge in [-0.2, -0.15) is 0 Å². The number of alkyl halides is 2. The Balaban J connectivity index is 1.27. The molecule has 1 aliphatic carbocycles. The number of benzene rings is 2. The number of hydrogen-bond acceptors (Lipinski definition) is 3. The molecule has 6 heteroatoms. The Bertz CT molecular complexity index is 855. The number of amides is 1. The lowest BCUT2D eigenvalue weighted by Gasteiger charge is -2.54. The lowest BCUT2D eigenvalue weighted by Crippen LogP contribution is -2.71. The fraction of sp³-hybridized carbons (Fsp3) is 0.409. The summed E-state index contributed by atoms with van der Waals surface area (Å²) in [4.78, 5) is 13.9. The fourth-order valence-electron chi connectivity index (χ4n) is 4.81. The van der Waals surface area contributed by atoms with E-state index in [9.17, 15) is 13.6 Å². The van der Waals surface area contributed by atoms with Crippen LogP contribution in [0.15, 0.2) is 48.5 Å². The van der Waals surface area contributed by atoms with Crippen LogP contribution in [-0.4, -0.2) is 56.1 Å². The van der Waals surface area contributed by atoms with Crippen LogP contribution in [0.25, 0.3) is 11.1 Å². The summed E-state index contributed by atoms with van der Waals surface area (Å²) in [7, 11) is 0. The summed E-state index contributed by atoms with van der Waals surface area (Å²) < 4.78 is 34.1. The third-order valence-corrected chi connectivity index (χ3v) is 6.46. The number of fused-ring (bicyclic) bond motifs is 3. The zero-order chi connectivity index (χ0) is 19.3. The van der Waals surface area contributed by atoms with Crippen LogP contribution in [0.1, 0.15) is 17.0 Å². The first-order chi connectivity index (χ1) is 13.6. The van der Waals surface area contributed by atoms with Crippen LogP contribution in [-0.2, 0) is 4.74 Å². The minimum atomic E-state index is -1.28. The van der Waals surface area contributed by atoms with Gasteiger partial charge in [-0.3, -0.25) is 0 Å². The third-order valence-electron chi connectivity index (χ3n) is 6.46. The number of halogens is 2. The van der Waals surface area contributed by atoms with E-state index < -0.39 is 23.9 Å². The molecule has 0 saturated carbocycles. The molecule has 2 aliphatic heterocycles. The largest absolute Gasteiger partial charge is 0.448 e. The van der Waals surface area contributed by atoms with Crippen molar-refractivity contribution in [3.8, 4) is 11.1 Å². The molecule has 0 bridgehead atoms. The standard InChI is InChI=1S/C22H22F2N2O2/c23-19-9-25-10-20(24)22(19)12-26(13-22)21(27)28-11-18-16-7-3-1-5-14(16)15-6-2-4-8-17(15)18/h1-8,18-20,25H,9-13H2. The van der Waals surface area contributed by atoms with Crippen molar-refractivity contribution in [1.82, 2.24) is 10.2 Å². The highest BCUT2D eigenvalue weighted by atomic mass is 19.1. The maximum Gasteiger partial charge on any atom is 0.409 e. The van der Waals surface area contributed by atoms with Gasteiger partial charge in [0, 0.05) is 32.1 Å². The van der Waals surface area contributed by atoms with Gasteiger partial charge in [0.2, 0.25) is 0 Å². The van der Waals surface area contributed by atoms with Crippen LogP contribution in [0.3, 0.4) is 0 Å². The topological polar surface area (TPSA) is 41.6 Å². The molecule has 2 aromatic rings. The van der Waals surface area contributed by atoms with Gasteiger partial charge in [-0.25, -0.2) is 13.6 Å². The summed E-state index contributed by atoms with van der Waals surface area (Å²) >= 11 is 0. The molecule has 3 aliphatic rings. The molecule has 1 spiro atoms. The molecule has 1 N–H and O–H groups in total. The van der Waals surface area contributed by atoms with Crippen LogP contribution in [0, 0.1) is 5.41 Å². The average molecular weight is 384 g/mol. The number of likely N-dealkylation sites (tertiary alicyclic amines) is 1. The summed E-state index contributed by atoms with van der Waals surface area (Å²) in [5.74, 6) is -0.0201. The van der Waals surface area contributed by atoms with Gasteiger partial charge in [-0.05, 0) is 22.3 Å². The highest BCUT2D eigenvalue weighted by molar-refractivity contribution is 5.79. The van der Waals surface area contributed by atoms with Gasteiger partial charge >= 0.3 is 6.09 Å². The summed E-state index contributed by atoms with van der Waals surface area (Å²) in [6, 6.07) is 16.2. The van der Waals surface area contributed by atoms with E-state index in [0.29, 0.717) is 0 Å². The number of rotatable bonds is 2. The molecule has 0 radical (unpaired) electrons. The molecule has 2 fully saturated rings. The second-order valence-electron chi connectivity index (χ2n) is 7.99. The quantitative estimate of drug-likeness (QED) is 0.862. The Morgan fingerprint density at radius 2 is 1.54 bits per heavy atom. The molecule has 2 unspecified atom stereocenters. The minimum Gasteiger partial charge on any atom is -0.448 e. The van der Waals surface area contributed by atoms with Gasteiger partial charge in [0.25, 0.3) is 0 Å². The van der Waals surface area contributed by atoms with E-state index in [4.69, 9.17) is 4.74 Å². The van der Waals surface area contributed by atoms with Crippen molar-refractivity contribution in [1.29, 1.82) is 0 Å². The number of nitrogens with one attached hydrogen (secondary N) is 1. The molecule has 0 aromatic heterocycles. The lowest BCUT2D eigenvalue weighted by molar-refractivity contribution is -0.113. The van der Waals surface area contributed by atoms with E-state index in [-0.39, 0.29) is 38.7 Å². The van der Waals surface area contributed by atoms with Crippen LogP contribution < -0.4 is 5.32 Å². The molecule has 28 heavy (non-hydrogen) atoms. The predicted octanol–water partition coefficient (Wildman–Crippen LogP) is 3.52. The molecular formula is C22H22F2N2O2. The molecule has 2 aromatic carbocycles. The number of ether oxygens (including phenoxy) is 1. The van der Waals surface area contributed by atoms with E-state index in [1.165, 1.54) is 4.90 Å². The number of hydrogen-bond donors (Lipinski definition) is 1. The smallest absolute Gasteiger partial charge is 0.409 e. The van der Waals surface area contributed by atoms with E-state index in [1.54, 1.807) is 0 Å². The van der Waals surface area contributed by atoms with E-state index in [1.807, 2.05) is 24.3 Å². The molecule has 2 atom stereocenters. The zero-order valence-corrected chi connectivity index (χ0v) is 15.4. The highest BCUT2D eigenvalue weighted by Crippen LogP contribution is 2.45. The molecule has 2 saturated heterocycles. The SMILES string of the molecule is O=C(OCC1c2ccccc2-c2ccccc21)N1CC2(C1)C(F)CNCC2F. The van der Waals surface area contributed by atoms with Crippen LogP contribution >= 0.6 is 0 Å². The summed E-state index contributed by atoms with van der Waals surface area (Å²) in [5, 5.41) is 2.75. The van der Waals surface area contributed by atoms with Crippen molar-refractivity contribution in [2.45, 2.75) is 18.3 Å². The van der Waals surface area contributed by atoms with Gasteiger partial charge in [0.05, 0.1) is 5.41 Å². The van der Waals surface area contributed by atoms with Crippen molar-refractivity contribution < 1.29 is 18.3 Å². The molecule has 2 heterocycles. The van der Waals surface area contributed by atoms with Crippen molar-refractivity contribution in [2.24, 2.45) is 5.41 Å². The first-order valence-electron chi connectivity index (χ1n) is 9.69. The first-order valence-corrected chi connectivity index (χ1v) is 9.69. The monoisotopic (exact) mass is 384 g/mol. The Hall–Kier alpha value is -2.47. The summed E-state index contributed by atoms with van der Waals surface area (Å²) in [6.45, 7) is 0.648. The maximum atomic E-state index is 14.3. The van der Waals surface area contributed by atoms with Crippen LogP contribution in [0.4, 0.5) is 13.6 Å². The molecule has 5 rings (SSSR count). The van der Waals surface area contributed by atoms with E-state index >= 15 is 0 Å². The number of carbonyl (C=O) groups excluding carboxylic acids is 1.